The van der Waals surface area contributed by atoms with E-state index in [2.05, 4.69) is 10.6 Å². The fourth-order valence-corrected chi connectivity index (χ4v) is 4.04. The topological polar surface area (TPSA) is 99.1 Å². The highest BCUT2D eigenvalue weighted by molar-refractivity contribution is 5.87. The number of aryl methyl sites for hydroxylation is 1. The minimum atomic E-state index is -0.784. The van der Waals surface area contributed by atoms with Gasteiger partial charge in [-0.2, -0.15) is 5.26 Å². The van der Waals surface area contributed by atoms with Crippen LogP contribution in [0.15, 0.2) is 18.2 Å². The first-order valence-corrected chi connectivity index (χ1v) is 10.8. The molecule has 1 heterocycles. The smallest absolute Gasteiger partial charge is 0.224 e. The molecule has 3 rings (SSSR count). The molecule has 1 aromatic carbocycles. The summed E-state index contributed by atoms with van der Waals surface area (Å²) in [6.45, 7) is 0.573. The van der Waals surface area contributed by atoms with Crippen molar-refractivity contribution < 1.29 is 23.2 Å². The molecule has 8 heteroatoms. The molecule has 0 unspecified atom stereocenters. The van der Waals surface area contributed by atoms with Gasteiger partial charge in [0.2, 0.25) is 11.8 Å². The molecule has 2 aliphatic rings. The number of benzene rings is 1. The Bertz CT molecular complexity index is 859. The zero-order valence-corrected chi connectivity index (χ0v) is 17.3. The van der Waals surface area contributed by atoms with Crippen LogP contribution >= 0.6 is 0 Å². The molecular weight excluding hydrogens is 404 g/mol. The van der Waals surface area contributed by atoms with Gasteiger partial charge in [0.25, 0.3) is 0 Å². The molecule has 1 aliphatic heterocycles. The molecule has 0 spiro atoms. The number of hydrogen-bond acceptors (Lipinski definition) is 4. The summed E-state index contributed by atoms with van der Waals surface area (Å²) in [7, 11) is 0. The van der Waals surface area contributed by atoms with E-state index in [1.807, 2.05) is 6.07 Å². The Kier molecular flexibility index (Phi) is 7.72. The highest BCUT2D eigenvalue weighted by atomic mass is 19.1. The van der Waals surface area contributed by atoms with Crippen LogP contribution < -0.4 is 10.6 Å². The highest BCUT2D eigenvalue weighted by Crippen LogP contribution is 2.36. The maximum atomic E-state index is 13.3. The molecule has 0 radical (unpaired) electrons. The maximum Gasteiger partial charge on any atom is 0.224 e. The van der Waals surface area contributed by atoms with E-state index < -0.39 is 23.6 Å². The molecule has 2 N–H and O–H groups in total. The van der Waals surface area contributed by atoms with Gasteiger partial charge in [-0.15, -0.1) is 0 Å². The quantitative estimate of drug-likeness (QED) is 0.563. The van der Waals surface area contributed by atoms with E-state index in [1.54, 1.807) is 0 Å². The van der Waals surface area contributed by atoms with E-state index in [-0.39, 0.29) is 49.2 Å². The zero-order chi connectivity index (χ0) is 22.4. The van der Waals surface area contributed by atoms with Gasteiger partial charge in [-0.3, -0.25) is 14.4 Å². The van der Waals surface area contributed by atoms with Gasteiger partial charge < -0.3 is 10.6 Å². The second kappa shape index (κ2) is 10.5. The minimum absolute atomic E-state index is 0.0300. The third-order valence-electron chi connectivity index (χ3n) is 5.93. The van der Waals surface area contributed by atoms with Crippen LogP contribution in [-0.4, -0.2) is 30.2 Å². The third-order valence-corrected chi connectivity index (χ3v) is 5.93. The molecule has 1 aliphatic carbocycles. The van der Waals surface area contributed by atoms with Gasteiger partial charge in [0.1, 0.15) is 23.5 Å². The van der Waals surface area contributed by atoms with Crippen molar-refractivity contribution in [3.8, 4) is 6.07 Å². The Morgan fingerprint density at radius 2 is 1.87 bits per heavy atom. The Hall–Kier alpha value is -2.82. The van der Waals surface area contributed by atoms with Crippen molar-refractivity contribution in [2.45, 2.75) is 57.4 Å². The molecule has 1 saturated heterocycles. The Balaban J connectivity index is 1.54. The Morgan fingerprint density at radius 3 is 2.45 bits per heavy atom. The molecule has 0 bridgehead atoms. The van der Waals surface area contributed by atoms with Gasteiger partial charge in [-0.05, 0) is 49.3 Å². The molecule has 2 fully saturated rings. The zero-order valence-electron chi connectivity index (χ0n) is 17.3. The van der Waals surface area contributed by atoms with Crippen molar-refractivity contribution in [1.82, 2.24) is 10.6 Å². The number of carbonyl (C=O) groups excluding carboxylic acids is 3. The lowest BCUT2D eigenvalue weighted by molar-refractivity contribution is -0.130. The number of Topliss-reactive ketones (excluding diaryl/α,β-unsaturated/α-hetero) is 1. The standard InChI is InChI=1S/C23H27F2N3O3/c24-18-8-15(9-19(25)12-18)3-4-21(29)11-17(7-14-1-2-14)23(31)28-20(13-26)10-16-5-6-27-22(16)30/h8-9,12,14,16-17,20H,1-7,10-11H2,(H,27,30)(H,28,31)/t16-,17+,20-/m0/s1. The first kappa shape index (κ1) is 22.9. The highest BCUT2D eigenvalue weighted by Gasteiger charge is 2.33. The van der Waals surface area contributed by atoms with E-state index in [0.717, 1.165) is 18.9 Å². The number of carbonyl (C=O) groups is 3. The van der Waals surface area contributed by atoms with E-state index in [9.17, 15) is 28.4 Å². The van der Waals surface area contributed by atoms with Crippen molar-refractivity contribution in [2.24, 2.45) is 17.8 Å². The first-order chi connectivity index (χ1) is 14.8. The summed E-state index contributed by atoms with van der Waals surface area (Å²) in [5.74, 6) is -2.41. The van der Waals surface area contributed by atoms with Gasteiger partial charge in [-0.1, -0.05) is 12.8 Å². The predicted octanol–water partition coefficient (Wildman–Crippen LogP) is 2.81. The van der Waals surface area contributed by atoms with Gasteiger partial charge >= 0.3 is 0 Å². The van der Waals surface area contributed by atoms with Crippen LogP contribution in [0.2, 0.25) is 0 Å². The molecular formula is C23H27F2N3O3. The average molecular weight is 431 g/mol. The SMILES string of the molecule is N#C[C@H](C[C@@H]1CCNC1=O)NC(=O)[C@@H](CC(=O)CCc1cc(F)cc(F)c1)CC1CC1. The number of nitrogens with zero attached hydrogens (tertiary/aromatic N) is 1. The predicted molar refractivity (Wildman–Crippen MR) is 108 cm³/mol. The van der Waals surface area contributed by atoms with Gasteiger partial charge in [0, 0.05) is 37.3 Å². The van der Waals surface area contributed by atoms with Gasteiger partial charge in [0.05, 0.1) is 6.07 Å². The summed E-state index contributed by atoms with van der Waals surface area (Å²) in [6.07, 6.45) is 3.82. The Morgan fingerprint density at radius 1 is 1.16 bits per heavy atom. The second-order valence-electron chi connectivity index (χ2n) is 8.60. The summed E-state index contributed by atoms with van der Waals surface area (Å²) >= 11 is 0. The van der Waals surface area contributed by atoms with Crippen LogP contribution in [-0.2, 0) is 20.8 Å². The summed E-state index contributed by atoms with van der Waals surface area (Å²) in [5, 5.41) is 14.8. The van der Waals surface area contributed by atoms with E-state index in [4.69, 9.17) is 0 Å². The molecule has 6 nitrogen and oxygen atoms in total. The van der Waals surface area contributed by atoms with Gasteiger partial charge in [-0.25, -0.2) is 8.78 Å². The number of halogens is 2. The van der Waals surface area contributed by atoms with Crippen molar-refractivity contribution in [1.29, 1.82) is 5.26 Å². The molecule has 3 atom stereocenters. The van der Waals surface area contributed by atoms with Crippen LogP contribution in [0.3, 0.4) is 0 Å². The van der Waals surface area contributed by atoms with E-state index >= 15 is 0 Å². The van der Waals surface area contributed by atoms with Crippen LogP contribution in [0.5, 0.6) is 0 Å². The fraction of sp³-hybridized carbons (Fsp3) is 0.565. The molecule has 0 aromatic heterocycles. The van der Waals surface area contributed by atoms with E-state index in [1.165, 1.54) is 12.1 Å². The number of nitrogens with one attached hydrogen (secondary N) is 2. The number of nitriles is 1. The lowest BCUT2D eigenvalue weighted by atomic mass is 9.92. The van der Waals surface area contributed by atoms with Crippen molar-refractivity contribution >= 4 is 17.6 Å². The number of amides is 2. The van der Waals surface area contributed by atoms with E-state index in [0.29, 0.717) is 30.9 Å². The third kappa shape index (κ3) is 7.12. The fourth-order valence-electron chi connectivity index (χ4n) is 4.04. The van der Waals surface area contributed by atoms with Crippen LogP contribution in [0.25, 0.3) is 0 Å². The number of hydrogen-bond donors (Lipinski definition) is 2. The Labute approximate surface area is 180 Å². The molecule has 166 valence electrons. The lowest BCUT2D eigenvalue weighted by Crippen LogP contribution is -2.40. The average Bonchev–Trinajstić information content (AvgIpc) is 3.45. The summed E-state index contributed by atoms with van der Waals surface area (Å²) < 4.78 is 26.6. The minimum Gasteiger partial charge on any atom is -0.356 e. The molecule has 1 saturated carbocycles. The molecule has 2 amide bonds. The van der Waals surface area contributed by atoms with Gasteiger partial charge in [0.15, 0.2) is 0 Å². The molecule has 31 heavy (non-hydrogen) atoms. The van der Waals surface area contributed by atoms with Crippen molar-refractivity contribution in [2.75, 3.05) is 6.54 Å². The van der Waals surface area contributed by atoms with Crippen LogP contribution in [0.1, 0.15) is 50.5 Å². The van der Waals surface area contributed by atoms with Crippen molar-refractivity contribution in [3.05, 3.63) is 35.4 Å². The van der Waals surface area contributed by atoms with Crippen molar-refractivity contribution in [3.63, 3.8) is 0 Å². The first-order valence-electron chi connectivity index (χ1n) is 10.8. The van der Waals surface area contributed by atoms with Crippen LogP contribution in [0, 0.1) is 40.7 Å². The summed E-state index contributed by atoms with van der Waals surface area (Å²) in [5.41, 5.74) is 0.397. The number of rotatable bonds is 11. The monoisotopic (exact) mass is 431 g/mol. The normalized spacial score (nSPS) is 19.9. The maximum absolute atomic E-state index is 13.3. The second-order valence-corrected chi connectivity index (χ2v) is 8.60. The summed E-state index contributed by atoms with van der Waals surface area (Å²) in [6, 6.07) is 4.43. The van der Waals surface area contributed by atoms with Crippen LogP contribution in [0.4, 0.5) is 8.78 Å². The summed E-state index contributed by atoms with van der Waals surface area (Å²) in [4.78, 5) is 37.1. The lowest BCUT2D eigenvalue weighted by Gasteiger charge is -2.20. The molecule has 1 aromatic rings. The number of ketones is 1. The largest absolute Gasteiger partial charge is 0.356 e.